The Labute approximate surface area is 204 Å². The minimum Gasteiger partial charge on any atom is -0.348 e. The predicted molar refractivity (Wildman–Crippen MR) is 131 cm³/mol. The standard InChI is InChI=1S/C25H28FN5O3S/c26-22-8-5-7-20(15-22)24-27-17-21(18-28-24)25(32)29-16-19-6-4-9-23(14-19)35(33,34)30-10-13-31-11-2-1-3-12-31/h4-9,14-15,17-18,30H,1-3,10-13,16H2,(H,29,32). The van der Waals surface area contributed by atoms with Crippen molar-refractivity contribution in [1.82, 2.24) is 24.9 Å². The molecular formula is C25H28FN5O3S. The second-order valence-corrected chi connectivity index (χ2v) is 10.2. The molecule has 1 amide bonds. The molecule has 0 atom stereocenters. The summed E-state index contributed by atoms with van der Waals surface area (Å²) in [6.45, 7) is 3.20. The Kier molecular flexibility index (Phi) is 8.17. The van der Waals surface area contributed by atoms with Crippen molar-refractivity contribution in [3.05, 3.63) is 77.9 Å². The number of benzene rings is 2. The zero-order valence-electron chi connectivity index (χ0n) is 19.3. The van der Waals surface area contributed by atoms with E-state index in [1.807, 2.05) is 0 Å². The van der Waals surface area contributed by atoms with Gasteiger partial charge in [0.2, 0.25) is 10.0 Å². The fourth-order valence-corrected chi connectivity index (χ4v) is 5.02. The first-order chi connectivity index (χ1) is 16.9. The molecule has 35 heavy (non-hydrogen) atoms. The molecule has 1 aliphatic heterocycles. The number of rotatable bonds is 9. The van der Waals surface area contributed by atoms with E-state index < -0.39 is 21.7 Å². The summed E-state index contributed by atoms with van der Waals surface area (Å²) in [5.41, 5.74) is 1.40. The lowest BCUT2D eigenvalue weighted by atomic mass is 10.1. The molecule has 0 bridgehead atoms. The van der Waals surface area contributed by atoms with Crippen LogP contribution in [0.3, 0.4) is 0 Å². The fourth-order valence-electron chi connectivity index (χ4n) is 3.93. The summed E-state index contributed by atoms with van der Waals surface area (Å²) in [6.07, 6.45) is 6.29. The minimum absolute atomic E-state index is 0.140. The zero-order valence-corrected chi connectivity index (χ0v) is 20.1. The molecule has 2 aromatic carbocycles. The molecule has 1 aliphatic rings. The van der Waals surface area contributed by atoms with Crippen LogP contribution in [0.2, 0.25) is 0 Å². The first-order valence-electron chi connectivity index (χ1n) is 11.6. The van der Waals surface area contributed by atoms with E-state index in [9.17, 15) is 17.6 Å². The van der Waals surface area contributed by atoms with Crippen molar-refractivity contribution >= 4 is 15.9 Å². The van der Waals surface area contributed by atoms with Crippen LogP contribution >= 0.6 is 0 Å². The van der Waals surface area contributed by atoms with Crippen LogP contribution in [-0.4, -0.2) is 55.4 Å². The van der Waals surface area contributed by atoms with E-state index in [0.29, 0.717) is 30.0 Å². The van der Waals surface area contributed by atoms with Gasteiger partial charge in [0.1, 0.15) is 5.82 Å². The molecule has 0 radical (unpaired) electrons. The fraction of sp³-hybridized carbons (Fsp3) is 0.320. The second-order valence-electron chi connectivity index (χ2n) is 8.44. The Bertz CT molecular complexity index is 1260. The number of nitrogens with zero attached hydrogens (tertiary/aromatic N) is 3. The Morgan fingerprint density at radius 2 is 1.74 bits per heavy atom. The van der Waals surface area contributed by atoms with Gasteiger partial charge in [-0.05, 0) is 55.8 Å². The normalized spacial score (nSPS) is 14.5. The van der Waals surface area contributed by atoms with Crippen molar-refractivity contribution in [1.29, 1.82) is 0 Å². The van der Waals surface area contributed by atoms with Crippen LogP contribution in [0.5, 0.6) is 0 Å². The molecule has 2 heterocycles. The number of halogens is 1. The molecule has 2 N–H and O–H groups in total. The van der Waals surface area contributed by atoms with Crippen LogP contribution in [0.25, 0.3) is 11.4 Å². The quantitative estimate of drug-likeness (QED) is 0.471. The number of hydrogen-bond acceptors (Lipinski definition) is 6. The molecule has 1 fully saturated rings. The monoisotopic (exact) mass is 497 g/mol. The van der Waals surface area contributed by atoms with E-state index in [1.54, 1.807) is 30.3 Å². The van der Waals surface area contributed by atoms with Gasteiger partial charge in [-0.25, -0.2) is 27.5 Å². The molecule has 1 aromatic heterocycles. The second kappa shape index (κ2) is 11.5. The summed E-state index contributed by atoms with van der Waals surface area (Å²) in [7, 11) is -3.64. The van der Waals surface area contributed by atoms with Gasteiger partial charge < -0.3 is 10.2 Å². The van der Waals surface area contributed by atoms with Gasteiger partial charge in [-0.15, -0.1) is 0 Å². The molecule has 0 unspecified atom stereocenters. The van der Waals surface area contributed by atoms with Crippen LogP contribution in [-0.2, 0) is 16.6 Å². The molecular weight excluding hydrogens is 469 g/mol. The summed E-state index contributed by atoms with van der Waals surface area (Å²) in [4.78, 5) is 23.2. The van der Waals surface area contributed by atoms with Gasteiger partial charge in [0.05, 0.1) is 10.5 Å². The van der Waals surface area contributed by atoms with Crippen molar-refractivity contribution in [3.63, 3.8) is 0 Å². The largest absolute Gasteiger partial charge is 0.348 e. The van der Waals surface area contributed by atoms with Crippen molar-refractivity contribution in [2.24, 2.45) is 0 Å². The van der Waals surface area contributed by atoms with Crippen molar-refractivity contribution in [2.75, 3.05) is 26.2 Å². The van der Waals surface area contributed by atoms with Crippen LogP contribution in [0.1, 0.15) is 35.2 Å². The molecule has 0 aliphatic carbocycles. The average molecular weight is 498 g/mol. The SMILES string of the molecule is O=C(NCc1cccc(S(=O)(=O)NCCN2CCCCC2)c1)c1cnc(-c2cccc(F)c2)nc1. The average Bonchev–Trinajstić information content (AvgIpc) is 2.88. The Hall–Kier alpha value is -3.21. The molecule has 0 spiro atoms. The zero-order chi connectivity index (χ0) is 24.7. The van der Waals surface area contributed by atoms with E-state index >= 15 is 0 Å². The minimum atomic E-state index is -3.64. The van der Waals surface area contributed by atoms with Gasteiger partial charge in [-0.2, -0.15) is 0 Å². The smallest absolute Gasteiger partial charge is 0.254 e. The van der Waals surface area contributed by atoms with Gasteiger partial charge in [-0.1, -0.05) is 30.7 Å². The summed E-state index contributed by atoms with van der Waals surface area (Å²) < 4.78 is 41.5. The van der Waals surface area contributed by atoms with E-state index in [0.717, 1.165) is 25.9 Å². The van der Waals surface area contributed by atoms with Gasteiger partial charge in [0, 0.05) is 37.6 Å². The number of nitrogens with one attached hydrogen (secondary N) is 2. The number of carbonyl (C=O) groups is 1. The molecule has 1 saturated heterocycles. The number of carbonyl (C=O) groups excluding carboxylic acids is 1. The number of piperidine rings is 1. The van der Waals surface area contributed by atoms with Crippen LogP contribution in [0, 0.1) is 5.82 Å². The maximum Gasteiger partial charge on any atom is 0.254 e. The highest BCUT2D eigenvalue weighted by atomic mass is 32.2. The van der Waals surface area contributed by atoms with Crippen molar-refractivity contribution < 1.29 is 17.6 Å². The van der Waals surface area contributed by atoms with Crippen LogP contribution in [0.15, 0.2) is 65.8 Å². The Morgan fingerprint density at radius 1 is 1.00 bits per heavy atom. The first-order valence-corrected chi connectivity index (χ1v) is 13.1. The van der Waals surface area contributed by atoms with E-state index in [4.69, 9.17) is 0 Å². The van der Waals surface area contributed by atoms with Gasteiger partial charge in [0.25, 0.3) is 5.91 Å². The van der Waals surface area contributed by atoms with Crippen LogP contribution < -0.4 is 10.0 Å². The molecule has 184 valence electrons. The molecule has 10 heteroatoms. The lowest BCUT2D eigenvalue weighted by Gasteiger charge is -2.26. The lowest BCUT2D eigenvalue weighted by molar-refractivity contribution is 0.0950. The first kappa shape index (κ1) is 24.9. The Morgan fingerprint density at radius 3 is 2.49 bits per heavy atom. The van der Waals surface area contributed by atoms with Crippen molar-refractivity contribution in [2.45, 2.75) is 30.7 Å². The van der Waals surface area contributed by atoms with E-state index in [-0.39, 0.29) is 17.0 Å². The summed E-state index contributed by atoms with van der Waals surface area (Å²) >= 11 is 0. The number of sulfonamides is 1. The third-order valence-electron chi connectivity index (χ3n) is 5.83. The molecule has 3 aromatic rings. The highest BCUT2D eigenvalue weighted by Crippen LogP contribution is 2.16. The van der Waals surface area contributed by atoms with Gasteiger partial charge in [0.15, 0.2) is 5.82 Å². The lowest BCUT2D eigenvalue weighted by Crippen LogP contribution is -2.37. The molecule has 4 rings (SSSR count). The predicted octanol–water partition coefficient (Wildman–Crippen LogP) is 2.98. The van der Waals surface area contributed by atoms with Crippen LogP contribution in [0.4, 0.5) is 4.39 Å². The van der Waals surface area contributed by atoms with Crippen molar-refractivity contribution in [3.8, 4) is 11.4 Å². The number of hydrogen-bond donors (Lipinski definition) is 2. The maximum atomic E-state index is 13.4. The molecule has 8 nitrogen and oxygen atoms in total. The Balaban J connectivity index is 1.32. The van der Waals surface area contributed by atoms with Gasteiger partial charge >= 0.3 is 0 Å². The third kappa shape index (κ3) is 6.91. The summed E-state index contributed by atoms with van der Waals surface area (Å²) in [5.74, 6) is -0.482. The number of aromatic nitrogens is 2. The maximum absolute atomic E-state index is 13.4. The van der Waals surface area contributed by atoms with E-state index in [2.05, 4.69) is 24.9 Å². The highest BCUT2D eigenvalue weighted by Gasteiger charge is 2.16. The summed E-state index contributed by atoms with van der Waals surface area (Å²) in [6, 6.07) is 12.4. The third-order valence-corrected chi connectivity index (χ3v) is 7.29. The number of likely N-dealkylation sites (tertiary alicyclic amines) is 1. The topological polar surface area (TPSA) is 104 Å². The summed E-state index contributed by atoms with van der Waals surface area (Å²) in [5, 5.41) is 2.75. The van der Waals surface area contributed by atoms with E-state index in [1.165, 1.54) is 37.0 Å². The van der Waals surface area contributed by atoms with Gasteiger partial charge in [-0.3, -0.25) is 4.79 Å². The number of amides is 1. The molecule has 0 saturated carbocycles. The highest BCUT2D eigenvalue weighted by molar-refractivity contribution is 7.89.